The van der Waals surface area contributed by atoms with Gasteiger partial charge in [0.2, 0.25) is 0 Å². The first-order chi connectivity index (χ1) is 7.52. The van der Waals surface area contributed by atoms with Crippen molar-refractivity contribution in [2.24, 2.45) is 0 Å². The molecule has 0 saturated heterocycles. The molecule has 6 heteroatoms. The second-order valence-corrected chi connectivity index (χ2v) is 5.21. The zero-order chi connectivity index (χ0) is 12.1. The lowest BCUT2D eigenvalue weighted by molar-refractivity contribution is -0.137. The second kappa shape index (κ2) is 6.20. The van der Waals surface area contributed by atoms with E-state index in [1.54, 1.807) is 6.07 Å². The van der Waals surface area contributed by atoms with Gasteiger partial charge >= 0.3 is 5.97 Å². The second-order valence-electron chi connectivity index (χ2n) is 3.41. The summed E-state index contributed by atoms with van der Waals surface area (Å²) in [4.78, 5) is 19.6. The molecule has 0 aliphatic carbocycles. The molecule has 1 aromatic rings. The maximum absolute atomic E-state index is 11.0. The molecular formula is C10H13BrN2O2S. The molecule has 1 rings (SSSR count). The number of hydrogen-bond donors (Lipinski definition) is 0. The van der Waals surface area contributed by atoms with Crippen molar-refractivity contribution in [1.82, 2.24) is 9.97 Å². The van der Waals surface area contributed by atoms with E-state index >= 15 is 0 Å². The fourth-order valence-electron chi connectivity index (χ4n) is 0.938. The minimum atomic E-state index is -0.258. The van der Waals surface area contributed by atoms with Crippen LogP contribution in [0, 0.1) is 0 Å². The zero-order valence-corrected chi connectivity index (χ0v) is 11.8. The quantitative estimate of drug-likeness (QED) is 0.486. The predicted molar refractivity (Wildman–Crippen MR) is 66.6 cm³/mol. The fraction of sp³-hybridized carbons (Fsp3) is 0.500. The highest BCUT2D eigenvalue weighted by atomic mass is 79.9. The van der Waals surface area contributed by atoms with Gasteiger partial charge in [-0.25, -0.2) is 9.97 Å². The Balaban J connectivity index is 2.76. The molecule has 0 saturated carbocycles. The first-order valence-corrected chi connectivity index (χ1v) is 6.55. The summed E-state index contributed by atoms with van der Waals surface area (Å²) in [6.45, 7) is 4.05. The molecule has 1 aromatic heterocycles. The molecule has 0 aliphatic rings. The lowest BCUT2D eigenvalue weighted by Gasteiger charge is -2.06. The summed E-state index contributed by atoms with van der Waals surface area (Å²) in [7, 11) is 1.37. The fourth-order valence-corrected chi connectivity index (χ4v) is 2.22. The average Bonchev–Trinajstić information content (AvgIpc) is 2.25. The van der Waals surface area contributed by atoms with Gasteiger partial charge in [-0.15, -0.1) is 0 Å². The van der Waals surface area contributed by atoms with E-state index in [0.29, 0.717) is 0 Å². The Morgan fingerprint density at radius 1 is 1.56 bits per heavy atom. The number of ether oxygens (including phenoxy) is 1. The van der Waals surface area contributed by atoms with E-state index in [1.165, 1.54) is 18.9 Å². The number of thioether (sulfide) groups is 1. The number of carbonyl (C=O) groups is 1. The Bertz CT molecular complexity index is 385. The highest BCUT2D eigenvalue weighted by Crippen LogP contribution is 2.21. The third kappa shape index (κ3) is 4.09. The molecule has 88 valence electrons. The lowest BCUT2D eigenvalue weighted by Crippen LogP contribution is -2.04. The summed E-state index contributed by atoms with van der Waals surface area (Å²) in [6, 6.07) is 1.79. The van der Waals surface area contributed by atoms with Crippen molar-refractivity contribution in [2.75, 3.05) is 12.9 Å². The first-order valence-electron chi connectivity index (χ1n) is 4.77. The zero-order valence-electron chi connectivity index (χ0n) is 9.36. The Morgan fingerprint density at radius 3 is 2.81 bits per heavy atom. The minimum Gasteiger partial charge on any atom is -0.468 e. The molecule has 0 atom stereocenters. The summed E-state index contributed by atoms with van der Waals surface area (Å²) in [6.07, 6.45) is 0. The maximum Gasteiger partial charge on any atom is 0.316 e. The van der Waals surface area contributed by atoms with E-state index in [1.807, 2.05) is 13.8 Å². The number of aromatic nitrogens is 2. The Hall–Kier alpha value is -0.620. The molecule has 0 fully saturated rings. The van der Waals surface area contributed by atoms with Crippen LogP contribution in [0.2, 0.25) is 0 Å². The van der Waals surface area contributed by atoms with Crippen LogP contribution in [-0.4, -0.2) is 28.8 Å². The lowest BCUT2D eigenvalue weighted by atomic mass is 10.2. The summed E-state index contributed by atoms with van der Waals surface area (Å²) >= 11 is 4.67. The van der Waals surface area contributed by atoms with Gasteiger partial charge in [-0.1, -0.05) is 25.6 Å². The molecule has 4 nitrogen and oxygen atoms in total. The number of carbonyl (C=O) groups excluding carboxylic acids is 1. The van der Waals surface area contributed by atoms with Crippen LogP contribution in [0.3, 0.4) is 0 Å². The van der Waals surface area contributed by atoms with Crippen LogP contribution < -0.4 is 0 Å². The SMILES string of the molecule is COC(=O)CSc1cc(Br)nc(C(C)C)n1. The number of esters is 1. The summed E-state index contributed by atoms with van der Waals surface area (Å²) < 4.78 is 5.30. The number of rotatable bonds is 4. The van der Waals surface area contributed by atoms with E-state index < -0.39 is 0 Å². The Labute approximate surface area is 107 Å². The number of nitrogens with zero attached hydrogens (tertiary/aromatic N) is 2. The normalized spacial score (nSPS) is 10.6. The van der Waals surface area contributed by atoms with E-state index in [0.717, 1.165) is 15.5 Å². The van der Waals surface area contributed by atoms with Crippen LogP contribution in [0.25, 0.3) is 0 Å². The topological polar surface area (TPSA) is 52.1 Å². The van der Waals surface area contributed by atoms with Crippen LogP contribution in [-0.2, 0) is 9.53 Å². The smallest absolute Gasteiger partial charge is 0.316 e. The highest BCUT2D eigenvalue weighted by Gasteiger charge is 2.09. The highest BCUT2D eigenvalue weighted by molar-refractivity contribution is 9.10. The third-order valence-electron chi connectivity index (χ3n) is 1.77. The number of methoxy groups -OCH3 is 1. The molecule has 0 bridgehead atoms. The van der Waals surface area contributed by atoms with Gasteiger partial charge in [0.25, 0.3) is 0 Å². The number of hydrogen-bond acceptors (Lipinski definition) is 5. The van der Waals surface area contributed by atoms with Gasteiger partial charge in [0.05, 0.1) is 12.9 Å². The van der Waals surface area contributed by atoms with Crippen molar-refractivity contribution in [3.63, 3.8) is 0 Å². The molecule has 0 radical (unpaired) electrons. The summed E-state index contributed by atoms with van der Waals surface area (Å²) in [5, 5.41) is 0.774. The van der Waals surface area contributed by atoms with Crippen molar-refractivity contribution in [1.29, 1.82) is 0 Å². The van der Waals surface area contributed by atoms with Crippen molar-refractivity contribution < 1.29 is 9.53 Å². The third-order valence-corrected chi connectivity index (χ3v) is 3.06. The van der Waals surface area contributed by atoms with Gasteiger partial charge in [-0.2, -0.15) is 0 Å². The van der Waals surface area contributed by atoms with Crippen LogP contribution in [0.5, 0.6) is 0 Å². The minimum absolute atomic E-state index is 0.258. The van der Waals surface area contributed by atoms with Crippen molar-refractivity contribution in [3.05, 3.63) is 16.5 Å². The van der Waals surface area contributed by atoms with Gasteiger partial charge < -0.3 is 4.74 Å². The molecule has 0 unspecified atom stereocenters. The van der Waals surface area contributed by atoms with Crippen molar-refractivity contribution in [2.45, 2.75) is 24.8 Å². The predicted octanol–water partition coefficient (Wildman–Crippen LogP) is 2.63. The van der Waals surface area contributed by atoms with Gasteiger partial charge in [0.15, 0.2) is 0 Å². The molecule has 0 N–H and O–H groups in total. The summed E-state index contributed by atoms with van der Waals surface area (Å²) in [5.41, 5.74) is 0. The molecule has 0 aromatic carbocycles. The van der Waals surface area contributed by atoms with Gasteiger partial charge in [0, 0.05) is 12.0 Å². The van der Waals surface area contributed by atoms with Crippen LogP contribution in [0.15, 0.2) is 15.7 Å². The standard InChI is InChI=1S/C10H13BrN2O2S/c1-6(2)10-12-7(11)4-8(13-10)16-5-9(14)15-3/h4,6H,5H2,1-3H3. The molecule has 0 amide bonds. The monoisotopic (exact) mass is 304 g/mol. The van der Waals surface area contributed by atoms with Crippen LogP contribution in [0.1, 0.15) is 25.6 Å². The molecule has 0 spiro atoms. The van der Waals surface area contributed by atoms with Crippen LogP contribution >= 0.6 is 27.7 Å². The largest absolute Gasteiger partial charge is 0.468 e. The Kier molecular flexibility index (Phi) is 5.21. The van der Waals surface area contributed by atoms with E-state index in [4.69, 9.17) is 0 Å². The van der Waals surface area contributed by atoms with E-state index in [2.05, 4.69) is 30.6 Å². The first kappa shape index (κ1) is 13.4. The van der Waals surface area contributed by atoms with Crippen molar-refractivity contribution >= 4 is 33.7 Å². The molecule has 16 heavy (non-hydrogen) atoms. The van der Waals surface area contributed by atoms with Gasteiger partial charge in [0.1, 0.15) is 15.5 Å². The van der Waals surface area contributed by atoms with Gasteiger partial charge in [-0.3, -0.25) is 4.79 Å². The number of halogens is 1. The molecule has 0 aliphatic heterocycles. The average molecular weight is 305 g/mol. The maximum atomic E-state index is 11.0. The van der Waals surface area contributed by atoms with E-state index in [-0.39, 0.29) is 17.6 Å². The van der Waals surface area contributed by atoms with Crippen LogP contribution in [0.4, 0.5) is 0 Å². The summed E-state index contributed by atoms with van der Waals surface area (Å²) in [5.74, 6) is 1.03. The Morgan fingerprint density at radius 2 is 2.25 bits per heavy atom. The van der Waals surface area contributed by atoms with E-state index in [9.17, 15) is 4.79 Å². The molecule has 1 heterocycles. The molecular weight excluding hydrogens is 292 g/mol. The van der Waals surface area contributed by atoms with Gasteiger partial charge in [-0.05, 0) is 15.9 Å². The van der Waals surface area contributed by atoms with Crippen molar-refractivity contribution in [3.8, 4) is 0 Å².